The van der Waals surface area contributed by atoms with E-state index < -0.39 is 22.4 Å². The third-order valence-electron chi connectivity index (χ3n) is 3.20. The third-order valence-corrected chi connectivity index (χ3v) is 4.03. The SMILES string of the molecule is CC(NC(=O)C1CC1(Cl)Cl)C(O)c1ccc(F)cc1. The van der Waals surface area contributed by atoms with Gasteiger partial charge in [-0.15, -0.1) is 23.2 Å². The quantitative estimate of drug-likeness (QED) is 0.840. The Hall–Kier alpha value is -0.840. The fourth-order valence-electron chi connectivity index (χ4n) is 1.85. The van der Waals surface area contributed by atoms with E-state index in [0.717, 1.165) is 0 Å². The number of alkyl halides is 2. The van der Waals surface area contributed by atoms with Crippen molar-refractivity contribution in [3.63, 3.8) is 0 Å². The number of amides is 1. The van der Waals surface area contributed by atoms with Crippen molar-refractivity contribution < 1.29 is 14.3 Å². The number of nitrogens with one attached hydrogen (secondary N) is 1. The van der Waals surface area contributed by atoms with E-state index in [9.17, 15) is 14.3 Å². The average Bonchev–Trinajstić information content (AvgIpc) is 2.98. The van der Waals surface area contributed by atoms with E-state index in [1.54, 1.807) is 6.92 Å². The number of aliphatic hydroxyl groups is 1. The Bertz CT molecular complexity index is 478. The van der Waals surface area contributed by atoms with Crippen LogP contribution in [0.25, 0.3) is 0 Å². The summed E-state index contributed by atoms with van der Waals surface area (Å²) in [7, 11) is 0. The van der Waals surface area contributed by atoms with Crippen molar-refractivity contribution in [2.24, 2.45) is 5.92 Å². The Kier molecular flexibility index (Phi) is 4.04. The molecule has 2 rings (SSSR count). The summed E-state index contributed by atoms with van der Waals surface area (Å²) in [6.07, 6.45) is -0.496. The lowest BCUT2D eigenvalue weighted by atomic mass is 10.0. The molecule has 0 heterocycles. The van der Waals surface area contributed by atoms with E-state index in [2.05, 4.69) is 5.32 Å². The van der Waals surface area contributed by atoms with Gasteiger partial charge in [-0.1, -0.05) is 12.1 Å². The molecule has 1 aliphatic rings. The summed E-state index contributed by atoms with van der Waals surface area (Å²) in [5, 5.41) is 12.7. The summed E-state index contributed by atoms with van der Waals surface area (Å²) < 4.78 is 11.8. The van der Waals surface area contributed by atoms with Crippen LogP contribution in [0.2, 0.25) is 0 Å². The summed E-state index contributed by atoms with van der Waals surface area (Å²) in [4.78, 5) is 11.8. The molecular formula is C13H14Cl2FNO2. The lowest BCUT2D eigenvalue weighted by Crippen LogP contribution is -2.38. The molecule has 3 atom stereocenters. The molecule has 0 bridgehead atoms. The minimum Gasteiger partial charge on any atom is -0.386 e. The number of aliphatic hydroxyl groups excluding tert-OH is 1. The van der Waals surface area contributed by atoms with Crippen molar-refractivity contribution in [2.45, 2.75) is 29.8 Å². The average molecular weight is 306 g/mol. The summed E-state index contributed by atoms with van der Waals surface area (Å²) in [6, 6.07) is 4.97. The number of carbonyl (C=O) groups is 1. The second-order valence-corrected chi connectivity index (χ2v) is 6.35. The van der Waals surface area contributed by atoms with Crippen LogP contribution in [-0.4, -0.2) is 21.4 Å². The van der Waals surface area contributed by atoms with E-state index >= 15 is 0 Å². The Morgan fingerprint density at radius 2 is 2.00 bits per heavy atom. The molecule has 1 aromatic rings. The van der Waals surface area contributed by atoms with Crippen LogP contribution in [0.5, 0.6) is 0 Å². The van der Waals surface area contributed by atoms with Crippen LogP contribution in [0.15, 0.2) is 24.3 Å². The molecule has 0 spiro atoms. The van der Waals surface area contributed by atoms with Gasteiger partial charge in [-0.2, -0.15) is 0 Å². The number of carbonyl (C=O) groups excluding carboxylic acids is 1. The van der Waals surface area contributed by atoms with E-state index in [0.29, 0.717) is 12.0 Å². The normalized spacial score (nSPS) is 23.5. The van der Waals surface area contributed by atoms with Crippen LogP contribution in [0.4, 0.5) is 4.39 Å². The minimum absolute atomic E-state index is 0.279. The number of halogens is 3. The fourth-order valence-corrected chi connectivity index (χ4v) is 2.36. The van der Waals surface area contributed by atoms with Crippen LogP contribution < -0.4 is 5.32 Å². The predicted molar refractivity (Wildman–Crippen MR) is 71.5 cm³/mol. The summed E-state index contributed by atoms with van der Waals surface area (Å²) >= 11 is 11.6. The van der Waals surface area contributed by atoms with Gasteiger partial charge in [-0.25, -0.2) is 4.39 Å². The Morgan fingerprint density at radius 1 is 1.47 bits per heavy atom. The van der Waals surface area contributed by atoms with E-state index in [-0.39, 0.29) is 11.7 Å². The molecule has 3 unspecified atom stereocenters. The van der Waals surface area contributed by atoms with Crippen molar-refractivity contribution in [1.29, 1.82) is 0 Å². The Morgan fingerprint density at radius 3 is 2.47 bits per heavy atom. The third kappa shape index (κ3) is 3.38. The number of benzene rings is 1. The molecule has 1 aromatic carbocycles. The molecule has 6 heteroatoms. The number of rotatable bonds is 4. The van der Waals surface area contributed by atoms with Gasteiger partial charge in [0.1, 0.15) is 10.2 Å². The van der Waals surface area contributed by atoms with Gasteiger partial charge < -0.3 is 10.4 Å². The van der Waals surface area contributed by atoms with Crippen molar-refractivity contribution in [3.8, 4) is 0 Å². The zero-order valence-corrected chi connectivity index (χ0v) is 11.7. The number of hydrogen-bond donors (Lipinski definition) is 2. The molecule has 2 N–H and O–H groups in total. The van der Waals surface area contributed by atoms with Crippen molar-refractivity contribution >= 4 is 29.1 Å². The van der Waals surface area contributed by atoms with Crippen molar-refractivity contribution in [2.75, 3.05) is 0 Å². The molecule has 0 radical (unpaired) electrons. The lowest BCUT2D eigenvalue weighted by molar-refractivity contribution is -0.123. The van der Waals surface area contributed by atoms with Crippen molar-refractivity contribution in [1.82, 2.24) is 5.32 Å². The highest BCUT2D eigenvalue weighted by molar-refractivity contribution is 6.52. The highest BCUT2D eigenvalue weighted by Crippen LogP contribution is 2.53. The van der Waals surface area contributed by atoms with Gasteiger partial charge in [0.25, 0.3) is 0 Å². The van der Waals surface area contributed by atoms with Gasteiger partial charge in [-0.05, 0) is 31.0 Å². The van der Waals surface area contributed by atoms with E-state index in [1.165, 1.54) is 24.3 Å². The van der Waals surface area contributed by atoms with Gasteiger partial charge in [0.2, 0.25) is 5.91 Å². The second-order valence-electron chi connectivity index (χ2n) is 4.81. The highest BCUT2D eigenvalue weighted by atomic mass is 35.5. The van der Waals surface area contributed by atoms with Gasteiger partial charge >= 0.3 is 0 Å². The molecule has 1 aliphatic carbocycles. The fraction of sp³-hybridized carbons (Fsp3) is 0.462. The smallest absolute Gasteiger partial charge is 0.226 e. The maximum Gasteiger partial charge on any atom is 0.226 e. The molecule has 19 heavy (non-hydrogen) atoms. The first-order chi connectivity index (χ1) is 8.81. The Balaban J connectivity index is 1.94. The van der Waals surface area contributed by atoms with Crippen LogP contribution in [0.1, 0.15) is 25.0 Å². The van der Waals surface area contributed by atoms with Crippen LogP contribution >= 0.6 is 23.2 Å². The largest absolute Gasteiger partial charge is 0.386 e. The molecule has 1 amide bonds. The molecule has 0 saturated heterocycles. The highest BCUT2D eigenvalue weighted by Gasteiger charge is 2.56. The molecule has 104 valence electrons. The lowest BCUT2D eigenvalue weighted by Gasteiger charge is -2.20. The first kappa shape index (κ1) is 14.6. The van der Waals surface area contributed by atoms with Crippen molar-refractivity contribution in [3.05, 3.63) is 35.6 Å². The molecule has 1 saturated carbocycles. The second kappa shape index (κ2) is 5.27. The summed E-state index contributed by atoms with van der Waals surface area (Å²) in [5.74, 6) is -1.09. The minimum atomic E-state index is -0.982. The topological polar surface area (TPSA) is 49.3 Å². The van der Waals surface area contributed by atoms with Gasteiger partial charge in [0, 0.05) is 0 Å². The molecule has 0 aliphatic heterocycles. The standard InChI is InChI=1S/C13H14Cl2FNO2/c1-7(17-12(19)10-6-13(10,14)15)11(18)8-2-4-9(16)5-3-8/h2-5,7,10-11,18H,6H2,1H3,(H,17,19). The molecule has 3 nitrogen and oxygen atoms in total. The van der Waals surface area contributed by atoms with Gasteiger partial charge in [0.15, 0.2) is 0 Å². The van der Waals surface area contributed by atoms with Gasteiger partial charge in [0.05, 0.1) is 18.1 Å². The van der Waals surface area contributed by atoms with E-state index in [1.807, 2.05) is 0 Å². The molecular weight excluding hydrogens is 292 g/mol. The molecule has 0 aromatic heterocycles. The zero-order chi connectivity index (χ0) is 14.2. The first-order valence-electron chi connectivity index (χ1n) is 5.93. The zero-order valence-electron chi connectivity index (χ0n) is 10.2. The van der Waals surface area contributed by atoms with Gasteiger partial charge in [-0.3, -0.25) is 4.79 Å². The maximum atomic E-state index is 12.8. The predicted octanol–water partition coefficient (Wildman–Crippen LogP) is 2.56. The van der Waals surface area contributed by atoms with E-state index in [4.69, 9.17) is 23.2 Å². The summed E-state index contributed by atoms with van der Waals surface area (Å²) in [6.45, 7) is 1.67. The maximum absolute atomic E-state index is 12.8. The molecule has 1 fully saturated rings. The summed E-state index contributed by atoms with van der Waals surface area (Å²) in [5.41, 5.74) is 0.535. The van der Waals surface area contributed by atoms with Crippen LogP contribution in [0, 0.1) is 11.7 Å². The Labute approximate surface area is 120 Å². The monoisotopic (exact) mass is 305 g/mol. The first-order valence-corrected chi connectivity index (χ1v) is 6.68. The van der Waals surface area contributed by atoms with Crippen LogP contribution in [0.3, 0.4) is 0 Å². The van der Waals surface area contributed by atoms with Crippen LogP contribution in [-0.2, 0) is 4.79 Å². The number of hydrogen-bond acceptors (Lipinski definition) is 2.